The number of fused-ring (bicyclic) bond motifs is 2. The molecule has 0 atom stereocenters. The molecule has 0 unspecified atom stereocenters. The summed E-state index contributed by atoms with van der Waals surface area (Å²) in [6, 6.07) is 15.5. The van der Waals surface area contributed by atoms with Crippen molar-refractivity contribution in [2.24, 2.45) is 0 Å². The van der Waals surface area contributed by atoms with Crippen LogP contribution in [0.1, 0.15) is 39.0 Å². The summed E-state index contributed by atoms with van der Waals surface area (Å²) < 4.78 is 35.6. The van der Waals surface area contributed by atoms with Crippen LogP contribution in [0.5, 0.6) is 17.2 Å². The van der Waals surface area contributed by atoms with E-state index >= 15 is 0 Å². The number of carbonyl (C=O) groups excluding carboxylic acids is 2. The molecular weight excluding hydrogens is 439 g/mol. The monoisotopic (exact) mass is 458 g/mol. The van der Waals surface area contributed by atoms with Crippen molar-refractivity contribution in [3.63, 3.8) is 0 Å². The predicted octanol–water partition coefficient (Wildman–Crippen LogP) is 6.11. The van der Waals surface area contributed by atoms with Crippen molar-refractivity contribution < 1.29 is 32.6 Å². The van der Waals surface area contributed by atoms with E-state index in [1.54, 1.807) is 43.3 Å². The van der Waals surface area contributed by atoms with Gasteiger partial charge in [0.15, 0.2) is 5.76 Å². The standard InChI is InChI=1S/C27H19FO6/c1-3-31-18-9-11-22-21(13-18)25(15(2)32-22)27(30)33-19-8-10-20-23(14-19)34-24(26(20)29)12-16-4-6-17(28)7-5-16/h4-14H,3H2,1-2H3/b24-12-. The molecule has 4 aromatic rings. The van der Waals surface area contributed by atoms with Gasteiger partial charge < -0.3 is 18.6 Å². The van der Waals surface area contributed by atoms with Crippen LogP contribution in [-0.4, -0.2) is 18.4 Å². The van der Waals surface area contributed by atoms with Gasteiger partial charge in [-0.3, -0.25) is 4.79 Å². The molecule has 0 N–H and O–H groups in total. The number of hydrogen-bond donors (Lipinski definition) is 0. The molecule has 5 rings (SSSR count). The molecule has 0 aliphatic carbocycles. The molecule has 170 valence electrons. The topological polar surface area (TPSA) is 75.0 Å². The van der Waals surface area contributed by atoms with Crippen LogP contribution in [0.2, 0.25) is 0 Å². The van der Waals surface area contributed by atoms with Gasteiger partial charge in [0.2, 0.25) is 5.78 Å². The molecule has 0 saturated heterocycles. The molecular formula is C27H19FO6. The van der Waals surface area contributed by atoms with Gasteiger partial charge in [0, 0.05) is 11.5 Å². The molecule has 7 heteroatoms. The Balaban J connectivity index is 1.40. The number of allylic oxidation sites excluding steroid dienone is 1. The molecule has 0 saturated carbocycles. The molecule has 6 nitrogen and oxygen atoms in total. The second-order valence-electron chi connectivity index (χ2n) is 7.66. The van der Waals surface area contributed by atoms with E-state index in [2.05, 4.69) is 0 Å². The highest BCUT2D eigenvalue weighted by atomic mass is 19.1. The average Bonchev–Trinajstić information content (AvgIpc) is 3.30. The first kappa shape index (κ1) is 21.5. The number of hydrogen-bond acceptors (Lipinski definition) is 6. The number of esters is 1. The van der Waals surface area contributed by atoms with Crippen LogP contribution < -0.4 is 14.2 Å². The van der Waals surface area contributed by atoms with Crippen molar-refractivity contribution in [2.45, 2.75) is 13.8 Å². The second-order valence-corrected chi connectivity index (χ2v) is 7.66. The van der Waals surface area contributed by atoms with E-state index in [9.17, 15) is 14.0 Å². The van der Waals surface area contributed by atoms with Gasteiger partial charge in [0.1, 0.15) is 40.0 Å². The molecule has 1 aliphatic heterocycles. The maximum absolute atomic E-state index is 13.1. The van der Waals surface area contributed by atoms with E-state index in [-0.39, 0.29) is 28.9 Å². The lowest BCUT2D eigenvalue weighted by Crippen LogP contribution is -2.09. The van der Waals surface area contributed by atoms with Crippen molar-refractivity contribution in [2.75, 3.05) is 6.61 Å². The summed E-state index contributed by atoms with van der Waals surface area (Å²) in [6.07, 6.45) is 1.53. The third kappa shape index (κ3) is 3.92. The van der Waals surface area contributed by atoms with Crippen molar-refractivity contribution in [3.8, 4) is 17.2 Å². The van der Waals surface area contributed by atoms with Gasteiger partial charge in [-0.1, -0.05) is 12.1 Å². The summed E-state index contributed by atoms with van der Waals surface area (Å²) in [7, 11) is 0. The molecule has 0 radical (unpaired) electrons. The smallest absolute Gasteiger partial charge is 0.347 e. The highest BCUT2D eigenvalue weighted by Crippen LogP contribution is 2.36. The fourth-order valence-electron chi connectivity index (χ4n) is 3.81. The summed E-state index contributed by atoms with van der Waals surface area (Å²) >= 11 is 0. The van der Waals surface area contributed by atoms with Crippen LogP contribution >= 0.6 is 0 Å². The van der Waals surface area contributed by atoms with Crippen LogP contribution in [0, 0.1) is 12.7 Å². The van der Waals surface area contributed by atoms with Gasteiger partial charge in [-0.2, -0.15) is 0 Å². The maximum atomic E-state index is 13.1. The van der Waals surface area contributed by atoms with Crippen LogP contribution in [-0.2, 0) is 0 Å². The molecule has 0 spiro atoms. The Hall–Kier alpha value is -4.39. The first-order valence-corrected chi connectivity index (χ1v) is 10.6. The number of furan rings is 1. The number of halogens is 1. The van der Waals surface area contributed by atoms with Gasteiger partial charge >= 0.3 is 5.97 Å². The number of benzene rings is 3. The first-order valence-electron chi connectivity index (χ1n) is 10.6. The largest absolute Gasteiger partial charge is 0.494 e. The number of ether oxygens (including phenoxy) is 3. The van der Waals surface area contributed by atoms with E-state index in [0.717, 1.165) is 0 Å². The van der Waals surface area contributed by atoms with Gasteiger partial charge in [0.25, 0.3) is 0 Å². The normalized spacial score (nSPS) is 13.7. The SMILES string of the molecule is CCOc1ccc2oc(C)c(C(=O)Oc3ccc4c(c3)O/C(=C\c3ccc(F)cc3)C4=O)c2c1. The molecule has 0 bridgehead atoms. The average molecular weight is 458 g/mol. The van der Waals surface area contributed by atoms with Crippen LogP contribution in [0.4, 0.5) is 4.39 Å². The van der Waals surface area contributed by atoms with E-state index in [0.29, 0.717) is 45.8 Å². The predicted molar refractivity (Wildman–Crippen MR) is 123 cm³/mol. The Morgan fingerprint density at radius 2 is 1.79 bits per heavy atom. The van der Waals surface area contributed by atoms with Crippen LogP contribution in [0.15, 0.2) is 70.8 Å². The first-order chi connectivity index (χ1) is 16.4. The molecule has 2 heterocycles. The summed E-state index contributed by atoms with van der Waals surface area (Å²) in [6.45, 7) is 4.06. The number of aryl methyl sites for hydroxylation is 1. The Morgan fingerprint density at radius 3 is 2.56 bits per heavy atom. The zero-order chi connectivity index (χ0) is 23.8. The second kappa shape index (κ2) is 8.51. The van der Waals surface area contributed by atoms with Gasteiger partial charge in [-0.25, -0.2) is 9.18 Å². The molecule has 0 fully saturated rings. The van der Waals surface area contributed by atoms with Crippen LogP contribution in [0.3, 0.4) is 0 Å². The molecule has 34 heavy (non-hydrogen) atoms. The number of carbonyl (C=O) groups is 2. The Bertz CT molecular complexity index is 1460. The molecule has 1 aromatic heterocycles. The van der Waals surface area contributed by atoms with E-state index < -0.39 is 5.97 Å². The van der Waals surface area contributed by atoms with E-state index in [1.165, 1.54) is 30.3 Å². The molecule has 0 amide bonds. The van der Waals surface area contributed by atoms with Crippen molar-refractivity contribution in [1.82, 2.24) is 0 Å². The van der Waals surface area contributed by atoms with Crippen molar-refractivity contribution in [3.05, 3.63) is 94.7 Å². The quantitative estimate of drug-likeness (QED) is 0.204. The van der Waals surface area contributed by atoms with Gasteiger partial charge in [-0.05, 0) is 68.0 Å². The van der Waals surface area contributed by atoms with E-state index in [1.807, 2.05) is 6.92 Å². The molecule has 3 aromatic carbocycles. The number of ketones is 1. The minimum atomic E-state index is -0.601. The number of Topliss-reactive ketones (excluding diaryl/α,β-unsaturated/α-hetero) is 1. The summed E-state index contributed by atoms with van der Waals surface area (Å²) in [5, 5.41) is 0.588. The zero-order valence-corrected chi connectivity index (χ0v) is 18.4. The van der Waals surface area contributed by atoms with Gasteiger partial charge in [-0.15, -0.1) is 0 Å². The Morgan fingerprint density at radius 1 is 1.03 bits per heavy atom. The lowest BCUT2D eigenvalue weighted by Gasteiger charge is -2.06. The fraction of sp³-hybridized carbons (Fsp3) is 0.111. The third-order valence-electron chi connectivity index (χ3n) is 5.37. The van der Waals surface area contributed by atoms with Gasteiger partial charge in [0.05, 0.1) is 12.2 Å². The van der Waals surface area contributed by atoms with Crippen molar-refractivity contribution in [1.29, 1.82) is 0 Å². The maximum Gasteiger partial charge on any atom is 0.347 e. The summed E-state index contributed by atoms with van der Waals surface area (Å²) in [5.74, 6) is 0.356. The number of rotatable bonds is 5. The summed E-state index contributed by atoms with van der Waals surface area (Å²) in [5.41, 5.74) is 1.81. The highest BCUT2D eigenvalue weighted by Gasteiger charge is 2.28. The Kier molecular flexibility index (Phi) is 5.37. The minimum Gasteiger partial charge on any atom is -0.494 e. The highest BCUT2D eigenvalue weighted by molar-refractivity contribution is 6.14. The minimum absolute atomic E-state index is 0.102. The third-order valence-corrected chi connectivity index (χ3v) is 5.37. The van der Waals surface area contributed by atoms with Crippen LogP contribution in [0.25, 0.3) is 17.0 Å². The zero-order valence-electron chi connectivity index (χ0n) is 18.4. The Labute approximate surface area is 194 Å². The fourth-order valence-corrected chi connectivity index (χ4v) is 3.81. The summed E-state index contributed by atoms with van der Waals surface area (Å²) in [4.78, 5) is 25.7. The lowest BCUT2D eigenvalue weighted by molar-refractivity contribution is 0.0734. The lowest BCUT2D eigenvalue weighted by atomic mass is 10.1. The molecule has 1 aliphatic rings. The van der Waals surface area contributed by atoms with Crippen molar-refractivity contribution >= 4 is 28.8 Å². The van der Waals surface area contributed by atoms with E-state index in [4.69, 9.17) is 18.6 Å².